The number of likely N-dealkylation sites (tertiary alicyclic amines) is 1. The van der Waals surface area contributed by atoms with Gasteiger partial charge in [0.25, 0.3) is 10.1 Å². The van der Waals surface area contributed by atoms with Gasteiger partial charge in [-0.15, -0.1) is 0 Å². The summed E-state index contributed by atoms with van der Waals surface area (Å²) in [6.45, 7) is 8.88. The number of hydrogen-bond donors (Lipinski definition) is 2. The molecule has 0 saturated carbocycles. The molecule has 128 valence electrons. The molecule has 1 atom stereocenters. The molecule has 1 saturated heterocycles. The summed E-state index contributed by atoms with van der Waals surface area (Å²) in [4.78, 5) is 24.4. The van der Waals surface area contributed by atoms with Crippen LogP contribution in [0.3, 0.4) is 0 Å². The molecule has 1 aliphatic rings. The van der Waals surface area contributed by atoms with Crippen LogP contribution in [0, 0.1) is 0 Å². The highest BCUT2D eigenvalue weighted by Crippen LogP contribution is 2.08. The van der Waals surface area contributed by atoms with E-state index in [-0.39, 0.29) is 24.5 Å². The average Bonchev–Trinajstić information content (AvgIpc) is 2.82. The maximum atomic E-state index is 10.9. The topological polar surface area (TPSA) is 130 Å². The van der Waals surface area contributed by atoms with Crippen LogP contribution in [0.2, 0.25) is 0 Å². The molecule has 0 bridgehead atoms. The molecule has 1 rings (SSSR count). The van der Waals surface area contributed by atoms with E-state index >= 15 is 0 Å². The third-order valence-electron chi connectivity index (χ3n) is 2.92. The van der Waals surface area contributed by atoms with Crippen LogP contribution in [0.25, 0.3) is 0 Å². The first-order chi connectivity index (χ1) is 9.63. The van der Waals surface area contributed by atoms with E-state index in [9.17, 15) is 18.0 Å². The Morgan fingerprint density at radius 3 is 2.32 bits per heavy atom. The summed E-state index contributed by atoms with van der Waals surface area (Å²) in [7, 11) is -2.63. The predicted octanol–water partition coefficient (Wildman–Crippen LogP) is 0.821. The Labute approximate surface area is 131 Å². The molecule has 0 aromatic heterocycles. The second-order valence-electron chi connectivity index (χ2n) is 4.62. The van der Waals surface area contributed by atoms with Gasteiger partial charge in [-0.05, 0) is 25.6 Å². The summed E-state index contributed by atoms with van der Waals surface area (Å²) in [5, 5.41) is -0.985. The fourth-order valence-electron chi connectivity index (χ4n) is 1.59. The van der Waals surface area contributed by atoms with E-state index in [1.807, 2.05) is 0 Å². The molecule has 1 unspecified atom stereocenters. The smallest absolute Gasteiger partial charge is 0.269 e. The van der Waals surface area contributed by atoms with Crippen LogP contribution in [0.4, 0.5) is 0 Å². The highest BCUT2D eigenvalue weighted by Gasteiger charge is 2.20. The Kier molecular flexibility index (Phi) is 10.4. The van der Waals surface area contributed by atoms with Crippen molar-refractivity contribution in [1.82, 2.24) is 16.0 Å². The van der Waals surface area contributed by atoms with Gasteiger partial charge in [0, 0.05) is 26.6 Å². The third kappa shape index (κ3) is 7.91. The molecule has 1 heterocycles. The Morgan fingerprint density at radius 2 is 2.05 bits per heavy atom. The lowest BCUT2D eigenvalue weighted by Crippen LogP contribution is -2.35. The highest BCUT2D eigenvalue weighted by molar-refractivity contribution is 7.86. The number of nitrogens with zero attached hydrogens (tertiary/aromatic N) is 2. The summed E-state index contributed by atoms with van der Waals surface area (Å²) < 4.78 is 29.7. The number of likely N-dealkylation sites (N-methyl/N-ethyl adjacent to an activating group) is 1. The fraction of sp³-hybridized carbons (Fsp3) is 0.538. The molecule has 1 aliphatic heterocycles. The van der Waals surface area contributed by atoms with Crippen molar-refractivity contribution in [1.29, 1.82) is 0 Å². The predicted molar refractivity (Wildman–Crippen MR) is 85.0 cm³/mol. The van der Waals surface area contributed by atoms with Crippen molar-refractivity contribution in [3.8, 4) is 0 Å². The van der Waals surface area contributed by atoms with Crippen molar-refractivity contribution in [2.45, 2.75) is 25.0 Å². The van der Waals surface area contributed by atoms with Gasteiger partial charge in [0.2, 0.25) is 11.8 Å². The number of hydrogen-bond acceptors (Lipinski definition) is 5. The van der Waals surface area contributed by atoms with Gasteiger partial charge in [-0.3, -0.25) is 14.1 Å². The van der Waals surface area contributed by atoms with Gasteiger partial charge in [-0.1, -0.05) is 13.2 Å². The minimum absolute atomic E-state index is 0. The summed E-state index contributed by atoms with van der Waals surface area (Å²) in [6, 6.07) is 0. The van der Waals surface area contributed by atoms with E-state index in [0.29, 0.717) is 6.42 Å². The number of amides is 2. The molecule has 2 amide bonds. The fourth-order valence-corrected chi connectivity index (χ4v) is 2.00. The van der Waals surface area contributed by atoms with Gasteiger partial charge < -0.3 is 16.0 Å². The van der Waals surface area contributed by atoms with Crippen molar-refractivity contribution < 1.29 is 22.6 Å². The lowest BCUT2D eigenvalue weighted by Gasteiger charge is -2.17. The number of carbonyl (C=O) groups is 2. The van der Waals surface area contributed by atoms with Gasteiger partial charge >= 0.3 is 0 Å². The molecule has 8 nitrogen and oxygen atoms in total. The quantitative estimate of drug-likeness (QED) is 0.565. The summed E-state index contributed by atoms with van der Waals surface area (Å²) >= 11 is 0. The van der Waals surface area contributed by atoms with Crippen LogP contribution < -0.4 is 6.15 Å². The maximum absolute atomic E-state index is 10.9. The highest BCUT2D eigenvalue weighted by atomic mass is 32.2. The number of carbonyl (C=O) groups excluding carboxylic acids is 2. The minimum atomic E-state index is -4.07. The van der Waals surface area contributed by atoms with Crippen molar-refractivity contribution in [2.75, 3.05) is 20.1 Å². The minimum Gasteiger partial charge on any atom is -0.344 e. The van der Waals surface area contributed by atoms with E-state index in [4.69, 9.17) is 4.55 Å². The van der Waals surface area contributed by atoms with Crippen LogP contribution in [-0.4, -0.2) is 60.0 Å². The second-order valence-corrected chi connectivity index (χ2v) is 6.46. The van der Waals surface area contributed by atoms with E-state index < -0.39 is 15.4 Å². The van der Waals surface area contributed by atoms with Crippen molar-refractivity contribution in [3.05, 3.63) is 25.4 Å². The van der Waals surface area contributed by atoms with Crippen LogP contribution >= 0.6 is 0 Å². The molecule has 0 aliphatic carbocycles. The monoisotopic (exact) mass is 335 g/mol. The van der Waals surface area contributed by atoms with E-state index in [2.05, 4.69) is 13.2 Å². The van der Waals surface area contributed by atoms with E-state index in [1.165, 1.54) is 18.9 Å². The van der Waals surface area contributed by atoms with E-state index in [0.717, 1.165) is 19.0 Å². The van der Waals surface area contributed by atoms with Crippen LogP contribution in [0.1, 0.15) is 19.8 Å². The van der Waals surface area contributed by atoms with Gasteiger partial charge in [-0.25, -0.2) is 0 Å². The third-order valence-corrected chi connectivity index (χ3v) is 4.09. The van der Waals surface area contributed by atoms with Gasteiger partial charge in [0.15, 0.2) is 0 Å². The maximum Gasteiger partial charge on any atom is 0.269 e. The first kappa shape index (κ1) is 22.6. The second kappa shape index (κ2) is 10.1. The summed E-state index contributed by atoms with van der Waals surface area (Å²) in [6.07, 6.45) is 4.36. The lowest BCUT2D eigenvalue weighted by molar-refractivity contribution is -0.126. The summed E-state index contributed by atoms with van der Waals surface area (Å²) in [5.74, 6) is -0.171. The molecule has 4 N–H and O–H groups in total. The van der Waals surface area contributed by atoms with Crippen molar-refractivity contribution >= 4 is 21.9 Å². The molecule has 0 aromatic carbocycles. The Bertz CT molecular complexity index is 504. The largest absolute Gasteiger partial charge is 0.344 e. The van der Waals surface area contributed by atoms with Gasteiger partial charge in [0.05, 0.1) is 0 Å². The zero-order valence-corrected chi connectivity index (χ0v) is 13.9. The van der Waals surface area contributed by atoms with E-state index in [1.54, 1.807) is 11.1 Å². The van der Waals surface area contributed by atoms with Crippen LogP contribution in [-0.2, 0) is 19.7 Å². The molecule has 1 fully saturated rings. The molecular formula is C13H25N3O5S. The molecule has 22 heavy (non-hydrogen) atoms. The van der Waals surface area contributed by atoms with Crippen LogP contribution in [0.15, 0.2) is 25.4 Å². The molecule has 0 spiro atoms. The molecule has 0 radical (unpaired) electrons. The zero-order chi connectivity index (χ0) is 16.6. The Hall–Kier alpha value is -1.71. The number of rotatable bonds is 5. The Morgan fingerprint density at radius 1 is 1.50 bits per heavy atom. The first-order valence-electron chi connectivity index (χ1n) is 6.39. The molecule has 0 aromatic rings. The zero-order valence-electron chi connectivity index (χ0n) is 13.1. The Balaban J connectivity index is 0. The molecular weight excluding hydrogens is 310 g/mol. The SMILES string of the molecule is C=CC(=O)N(C)CC(C)S(=O)(=O)O.C=CN1CCCC1=O.N. The first-order valence-corrected chi connectivity index (χ1v) is 7.89. The van der Waals surface area contributed by atoms with Crippen molar-refractivity contribution in [3.63, 3.8) is 0 Å². The van der Waals surface area contributed by atoms with Crippen molar-refractivity contribution in [2.24, 2.45) is 0 Å². The normalized spacial score (nSPS) is 15.0. The van der Waals surface area contributed by atoms with Gasteiger partial charge in [-0.2, -0.15) is 8.42 Å². The average molecular weight is 335 g/mol. The lowest BCUT2D eigenvalue weighted by atomic mass is 10.4. The summed E-state index contributed by atoms with van der Waals surface area (Å²) in [5.41, 5.74) is 0. The standard InChI is InChI=1S/C7H13NO4S.C6H9NO.H3N/c1-4-7(9)8(3)5-6(2)13(10,11)12;1-2-7-5-3-4-6(7)8;/h4,6H,1,5H2,2-3H3,(H,10,11,12);2H,1,3-5H2;1H3. The van der Waals surface area contributed by atoms with Gasteiger partial charge in [0.1, 0.15) is 5.25 Å². The van der Waals surface area contributed by atoms with Crippen LogP contribution in [0.5, 0.6) is 0 Å². The molecule has 9 heteroatoms.